The van der Waals surface area contributed by atoms with Gasteiger partial charge in [0.25, 0.3) is 0 Å². The first-order valence-corrected chi connectivity index (χ1v) is 6.18. The maximum atomic E-state index is 6.11. The van der Waals surface area contributed by atoms with E-state index < -0.39 is 0 Å². The molecule has 4 N–H and O–H groups in total. The third-order valence-corrected chi connectivity index (χ3v) is 3.05. The lowest BCUT2D eigenvalue weighted by molar-refractivity contribution is 0.164. The second kappa shape index (κ2) is 6.51. The Labute approximate surface area is 103 Å². The minimum absolute atomic E-state index is 0.108. The molecular weight excluding hydrogens is 214 g/mol. The second-order valence-electron chi connectivity index (χ2n) is 4.52. The maximum absolute atomic E-state index is 6.11. The number of rotatable bonds is 6. The summed E-state index contributed by atoms with van der Waals surface area (Å²) in [5.74, 6) is 7.13. The third kappa shape index (κ3) is 3.94. The lowest BCUT2D eigenvalue weighted by Crippen LogP contribution is -2.38. The fourth-order valence-corrected chi connectivity index (χ4v) is 1.76. The van der Waals surface area contributed by atoms with E-state index in [0.717, 1.165) is 25.1 Å². The van der Waals surface area contributed by atoms with Gasteiger partial charge in [0.05, 0.1) is 11.7 Å². The number of hydrazine groups is 1. The lowest BCUT2D eigenvalue weighted by Gasteiger charge is -2.27. The van der Waals surface area contributed by atoms with Crippen molar-refractivity contribution in [1.82, 2.24) is 15.2 Å². The van der Waals surface area contributed by atoms with E-state index in [1.807, 2.05) is 11.1 Å². The Morgan fingerprint density at radius 1 is 1.24 bits per heavy atom. The summed E-state index contributed by atoms with van der Waals surface area (Å²) in [7, 11) is 0. The Morgan fingerprint density at radius 3 is 2.41 bits per heavy atom. The SMILES string of the molecule is CCC(C)CN(N)C(CC)c1ccc(N)nn1. The average molecular weight is 237 g/mol. The van der Waals surface area contributed by atoms with Gasteiger partial charge in [0.2, 0.25) is 0 Å². The van der Waals surface area contributed by atoms with Gasteiger partial charge in [-0.15, -0.1) is 5.10 Å². The minimum Gasteiger partial charge on any atom is -0.382 e. The molecule has 0 spiro atoms. The van der Waals surface area contributed by atoms with E-state index in [1.165, 1.54) is 0 Å². The second-order valence-corrected chi connectivity index (χ2v) is 4.52. The van der Waals surface area contributed by atoms with Crippen molar-refractivity contribution in [2.24, 2.45) is 11.8 Å². The highest BCUT2D eigenvalue weighted by molar-refractivity contribution is 5.26. The van der Waals surface area contributed by atoms with Gasteiger partial charge in [0, 0.05) is 6.54 Å². The summed E-state index contributed by atoms with van der Waals surface area (Å²) in [5, 5.41) is 9.84. The van der Waals surface area contributed by atoms with E-state index in [1.54, 1.807) is 6.07 Å². The Balaban J connectivity index is 2.73. The molecule has 96 valence electrons. The Bertz CT molecular complexity index is 324. The van der Waals surface area contributed by atoms with Crippen LogP contribution < -0.4 is 11.6 Å². The number of nitrogen functional groups attached to an aromatic ring is 1. The van der Waals surface area contributed by atoms with E-state index in [9.17, 15) is 0 Å². The predicted molar refractivity (Wildman–Crippen MR) is 69.8 cm³/mol. The van der Waals surface area contributed by atoms with Crippen molar-refractivity contribution in [1.29, 1.82) is 0 Å². The van der Waals surface area contributed by atoms with Crippen molar-refractivity contribution < 1.29 is 0 Å². The molecule has 17 heavy (non-hydrogen) atoms. The van der Waals surface area contributed by atoms with E-state index in [0.29, 0.717) is 11.7 Å². The average Bonchev–Trinajstić information content (AvgIpc) is 2.32. The molecule has 5 nitrogen and oxygen atoms in total. The Hall–Kier alpha value is -1.20. The summed E-state index contributed by atoms with van der Waals surface area (Å²) in [6, 6.07) is 3.77. The van der Waals surface area contributed by atoms with Crippen LogP contribution in [0.4, 0.5) is 5.82 Å². The molecule has 0 bridgehead atoms. The molecule has 1 heterocycles. The van der Waals surface area contributed by atoms with Crippen LogP contribution in [0, 0.1) is 5.92 Å². The summed E-state index contributed by atoms with van der Waals surface area (Å²) in [6.45, 7) is 7.32. The van der Waals surface area contributed by atoms with Gasteiger partial charge >= 0.3 is 0 Å². The molecule has 5 heteroatoms. The van der Waals surface area contributed by atoms with Gasteiger partial charge in [0.1, 0.15) is 5.82 Å². The molecule has 0 aliphatic carbocycles. The predicted octanol–water partition coefficient (Wildman–Crippen LogP) is 1.73. The summed E-state index contributed by atoms with van der Waals surface area (Å²) in [5.41, 5.74) is 6.41. The molecule has 0 fully saturated rings. The van der Waals surface area contributed by atoms with Gasteiger partial charge in [-0.05, 0) is 24.5 Å². The molecule has 1 rings (SSSR count). The zero-order valence-corrected chi connectivity index (χ0v) is 10.9. The number of nitrogens with zero attached hydrogens (tertiary/aromatic N) is 3. The van der Waals surface area contributed by atoms with Gasteiger partial charge in [0.15, 0.2) is 0 Å². The molecule has 0 aromatic carbocycles. The van der Waals surface area contributed by atoms with Crippen molar-refractivity contribution >= 4 is 5.82 Å². The van der Waals surface area contributed by atoms with Gasteiger partial charge in [-0.25, -0.2) is 5.01 Å². The molecule has 0 amide bonds. The number of aromatic nitrogens is 2. The highest BCUT2D eigenvalue weighted by Crippen LogP contribution is 2.20. The number of hydrogen-bond donors (Lipinski definition) is 2. The van der Waals surface area contributed by atoms with Crippen molar-refractivity contribution in [2.45, 2.75) is 39.7 Å². The highest BCUT2D eigenvalue weighted by Gasteiger charge is 2.18. The number of anilines is 1. The summed E-state index contributed by atoms with van der Waals surface area (Å²) >= 11 is 0. The third-order valence-electron chi connectivity index (χ3n) is 3.05. The van der Waals surface area contributed by atoms with Crippen LogP contribution in [0.15, 0.2) is 12.1 Å². The molecule has 0 saturated heterocycles. The summed E-state index contributed by atoms with van der Waals surface area (Å²) in [4.78, 5) is 0. The highest BCUT2D eigenvalue weighted by atomic mass is 15.4. The van der Waals surface area contributed by atoms with Crippen molar-refractivity contribution in [3.05, 3.63) is 17.8 Å². The zero-order valence-electron chi connectivity index (χ0n) is 10.9. The molecule has 0 aliphatic rings. The molecule has 2 unspecified atom stereocenters. The standard InChI is InChI=1S/C12H23N5/c1-4-9(3)8-17(14)11(5-2)10-6-7-12(13)16-15-10/h6-7,9,11H,4-5,8,14H2,1-3H3,(H2,13,16). The van der Waals surface area contributed by atoms with Crippen LogP contribution in [-0.2, 0) is 0 Å². The fourth-order valence-electron chi connectivity index (χ4n) is 1.76. The number of nitrogens with two attached hydrogens (primary N) is 2. The van der Waals surface area contributed by atoms with Crippen LogP contribution >= 0.6 is 0 Å². The molecule has 2 atom stereocenters. The Morgan fingerprint density at radius 2 is 1.94 bits per heavy atom. The van der Waals surface area contributed by atoms with Crippen LogP contribution in [0.5, 0.6) is 0 Å². The topological polar surface area (TPSA) is 81.1 Å². The van der Waals surface area contributed by atoms with Crippen LogP contribution in [0.1, 0.15) is 45.3 Å². The normalized spacial score (nSPS) is 14.9. The van der Waals surface area contributed by atoms with Gasteiger partial charge in [-0.2, -0.15) is 5.10 Å². The number of hydrogen-bond acceptors (Lipinski definition) is 5. The minimum atomic E-state index is 0.108. The van der Waals surface area contributed by atoms with Crippen molar-refractivity contribution in [3.63, 3.8) is 0 Å². The molecule has 1 aromatic rings. The summed E-state index contributed by atoms with van der Waals surface area (Å²) in [6.07, 6.45) is 2.03. The quantitative estimate of drug-likeness (QED) is 0.581. The fraction of sp³-hybridized carbons (Fsp3) is 0.667. The first kappa shape index (κ1) is 13.9. The molecule has 0 radical (unpaired) electrons. The van der Waals surface area contributed by atoms with Gasteiger partial charge in [-0.1, -0.05) is 27.2 Å². The molecule has 0 aliphatic heterocycles. The van der Waals surface area contributed by atoms with Crippen LogP contribution in [0.3, 0.4) is 0 Å². The van der Waals surface area contributed by atoms with Crippen LogP contribution in [0.25, 0.3) is 0 Å². The molecular formula is C12H23N5. The molecule has 1 aromatic heterocycles. The molecule has 0 saturated carbocycles. The Kier molecular flexibility index (Phi) is 5.31. The van der Waals surface area contributed by atoms with E-state index in [-0.39, 0.29) is 6.04 Å². The summed E-state index contributed by atoms with van der Waals surface area (Å²) < 4.78 is 0. The first-order valence-electron chi connectivity index (χ1n) is 6.18. The smallest absolute Gasteiger partial charge is 0.146 e. The van der Waals surface area contributed by atoms with E-state index in [2.05, 4.69) is 31.0 Å². The lowest BCUT2D eigenvalue weighted by atomic mass is 10.1. The maximum Gasteiger partial charge on any atom is 0.146 e. The zero-order chi connectivity index (χ0) is 12.8. The first-order chi connectivity index (χ1) is 8.08. The van der Waals surface area contributed by atoms with Crippen molar-refractivity contribution in [2.75, 3.05) is 12.3 Å². The van der Waals surface area contributed by atoms with Gasteiger partial charge < -0.3 is 5.73 Å². The van der Waals surface area contributed by atoms with E-state index in [4.69, 9.17) is 11.6 Å². The largest absolute Gasteiger partial charge is 0.382 e. The van der Waals surface area contributed by atoms with Crippen LogP contribution in [-0.4, -0.2) is 21.8 Å². The van der Waals surface area contributed by atoms with Crippen LogP contribution in [0.2, 0.25) is 0 Å². The monoisotopic (exact) mass is 237 g/mol. The van der Waals surface area contributed by atoms with Gasteiger partial charge in [-0.3, -0.25) is 5.84 Å². The van der Waals surface area contributed by atoms with Crippen molar-refractivity contribution in [3.8, 4) is 0 Å². The van der Waals surface area contributed by atoms with E-state index >= 15 is 0 Å².